The number of carbonyl (C=O) groups is 2. The van der Waals surface area contributed by atoms with Crippen LogP contribution in [0.2, 0.25) is 5.02 Å². The molecule has 1 N–H and O–H groups in total. The number of ether oxygens (including phenoxy) is 1. The summed E-state index contributed by atoms with van der Waals surface area (Å²) in [6, 6.07) is 32.1. The summed E-state index contributed by atoms with van der Waals surface area (Å²) in [4.78, 5) is 27.6. The van der Waals surface area contributed by atoms with Crippen molar-refractivity contribution in [3.63, 3.8) is 0 Å². The van der Waals surface area contributed by atoms with Crippen LogP contribution in [-0.2, 0) is 24.2 Å². The Balaban J connectivity index is 1.39. The Morgan fingerprint density at radius 1 is 0.784 bits per heavy atom. The van der Waals surface area contributed by atoms with Gasteiger partial charge < -0.3 is 15.0 Å². The lowest BCUT2D eigenvalue weighted by molar-refractivity contribution is -0.120. The second-order valence-corrected chi connectivity index (χ2v) is 9.11. The topological polar surface area (TPSA) is 58.6 Å². The molecule has 0 aliphatic rings. The van der Waals surface area contributed by atoms with Crippen molar-refractivity contribution in [2.45, 2.75) is 19.4 Å². The highest BCUT2D eigenvalue weighted by Gasteiger charge is 2.18. The van der Waals surface area contributed by atoms with Crippen molar-refractivity contribution in [1.82, 2.24) is 5.32 Å². The van der Waals surface area contributed by atoms with E-state index >= 15 is 0 Å². The number of halogens is 1. The van der Waals surface area contributed by atoms with Crippen molar-refractivity contribution in [1.29, 1.82) is 0 Å². The third-order valence-electron chi connectivity index (χ3n) is 6.03. The summed E-state index contributed by atoms with van der Waals surface area (Å²) in [5, 5.41) is 3.56. The van der Waals surface area contributed by atoms with Crippen LogP contribution in [0.15, 0.2) is 103 Å². The van der Waals surface area contributed by atoms with Gasteiger partial charge >= 0.3 is 0 Å². The molecule has 0 bridgehead atoms. The van der Waals surface area contributed by atoms with Gasteiger partial charge in [-0.25, -0.2) is 0 Å². The standard InChI is InChI=1S/C31H29ClN2O3/c1-37-29-17-9-23(10-18-29)19-20-33-30(35)21-24-7-15-28(16-8-24)34(22-25-5-3-2-4-6-25)31(36)26-11-13-27(32)14-12-26/h2-18H,19-22H2,1H3,(H,33,35). The number of nitrogens with one attached hydrogen (secondary N) is 1. The molecule has 37 heavy (non-hydrogen) atoms. The van der Waals surface area contributed by atoms with E-state index in [0.29, 0.717) is 23.7 Å². The second kappa shape index (κ2) is 12.7. The first-order chi connectivity index (χ1) is 18.0. The number of rotatable bonds is 10. The van der Waals surface area contributed by atoms with Crippen molar-refractivity contribution in [2.75, 3.05) is 18.6 Å². The van der Waals surface area contributed by atoms with Crippen LogP contribution in [0.4, 0.5) is 5.69 Å². The number of benzene rings is 4. The lowest BCUT2D eigenvalue weighted by atomic mass is 10.1. The number of hydrogen-bond acceptors (Lipinski definition) is 3. The molecule has 4 aromatic carbocycles. The molecule has 0 spiro atoms. The zero-order chi connectivity index (χ0) is 26.0. The molecule has 4 rings (SSSR count). The molecule has 0 aliphatic carbocycles. The average molecular weight is 513 g/mol. The molecule has 2 amide bonds. The largest absolute Gasteiger partial charge is 0.497 e. The molecule has 0 aliphatic heterocycles. The summed E-state index contributed by atoms with van der Waals surface area (Å²) < 4.78 is 5.17. The number of nitrogens with zero attached hydrogens (tertiary/aromatic N) is 1. The Morgan fingerprint density at radius 3 is 2.08 bits per heavy atom. The zero-order valence-corrected chi connectivity index (χ0v) is 21.4. The molecule has 0 aromatic heterocycles. The highest BCUT2D eigenvalue weighted by atomic mass is 35.5. The first-order valence-corrected chi connectivity index (χ1v) is 12.5. The van der Waals surface area contributed by atoms with Gasteiger partial charge in [0.2, 0.25) is 5.91 Å². The zero-order valence-electron chi connectivity index (χ0n) is 20.7. The van der Waals surface area contributed by atoms with Crippen molar-refractivity contribution in [3.8, 4) is 5.75 Å². The van der Waals surface area contributed by atoms with E-state index in [9.17, 15) is 9.59 Å². The fourth-order valence-corrected chi connectivity index (χ4v) is 4.10. The lowest BCUT2D eigenvalue weighted by Gasteiger charge is -2.23. The summed E-state index contributed by atoms with van der Waals surface area (Å²) in [5.41, 5.74) is 4.34. The van der Waals surface area contributed by atoms with Crippen LogP contribution in [0, 0.1) is 0 Å². The Kier molecular flexibility index (Phi) is 8.95. The van der Waals surface area contributed by atoms with Crippen LogP contribution in [-0.4, -0.2) is 25.5 Å². The molecule has 5 nitrogen and oxygen atoms in total. The first-order valence-electron chi connectivity index (χ1n) is 12.1. The molecular weight excluding hydrogens is 484 g/mol. The Bertz CT molecular complexity index is 1310. The van der Waals surface area contributed by atoms with Crippen LogP contribution in [0.1, 0.15) is 27.0 Å². The van der Waals surface area contributed by atoms with Crippen LogP contribution in [0.3, 0.4) is 0 Å². The predicted octanol–water partition coefficient (Wildman–Crippen LogP) is 6.10. The quantitative estimate of drug-likeness (QED) is 0.279. The number of carbonyl (C=O) groups excluding carboxylic acids is 2. The third-order valence-corrected chi connectivity index (χ3v) is 6.28. The van der Waals surface area contributed by atoms with Gasteiger partial charge in [0.1, 0.15) is 5.75 Å². The maximum Gasteiger partial charge on any atom is 0.258 e. The number of amides is 2. The molecule has 6 heteroatoms. The summed E-state index contributed by atoms with van der Waals surface area (Å²) in [6.45, 7) is 0.983. The Labute approximate surface area is 222 Å². The van der Waals surface area contributed by atoms with Crippen molar-refractivity contribution in [2.24, 2.45) is 0 Å². The maximum atomic E-state index is 13.4. The second-order valence-electron chi connectivity index (χ2n) is 8.68. The predicted molar refractivity (Wildman–Crippen MR) is 148 cm³/mol. The molecule has 0 radical (unpaired) electrons. The molecular formula is C31H29ClN2O3. The van der Waals surface area contributed by atoms with E-state index in [4.69, 9.17) is 16.3 Å². The monoisotopic (exact) mass is 512 g/mol. The normalized spacial score (nSPS) is 10.5. The molecule has 0 unspecified atom stereocenters. The third kappa shape index (κ3) is 7.45. The fourth-order valence-electron chi connectivity index (χ4n) is 3.97. The minimum atomic E-state index is -0.121. The first kappa shape index (κ1) is 26.0. The summed E-state index contributed by atoms with van der Waals surface area (Å²) >= 11 is 6.01. The molecule has 188 valence electrons. The van der Waals surface area contributed by atoms with Gasteiger partial charge in [-0.3, -0.25) is 9.59 Å². The van der Waals surface area contributed by atoms with Crippen LogP contribution in [0.25, 0.3) is 0 Å². The molecule has 0 saturated heterocycles. The number of anilines is 1. The smallest absolute Gasteiger partial charge is 0.258 e. The number of hydrogen-bond donors (Lipinski definition) is 1. The van der Waals surface area contributed by atoms with Gasteiger partial charge in [-0.15, -0.1) is 0 Å². The fraction of sp³-hybridized carbons (Fsp3) is 0.161. The van der Waals surface area contributed by atoms with Crippen LogP contribution >= 0.6 is 11.6 Å². The van der Waals surface area contributed by atoms with Gasteiger partial charge in [-0.1, -0.05) is 66.2 Å². The summed E-state index contributed by atoms with van der Waals surface area (Å²) in [7, 11) is 1.64. The van der Waals surface area contributed by atoms with Gasteiger partial charge in [0.15, 0.2) is 0 Å². The molecule has 0 atom stereocenters. The summed E-state index contributed by atoms with van der Waals surface area (Å²) in [6.07, 6.45) is 1.02. The van der Waals surface area contributed by atoms with Crippen LogP contribution in [0.5, 0.6) is 5.75 Å². The minimum absolute atomic E-state index is 0.0420. The van der Waals surface area contributed by atoms with E-state index in [1.54, 1.807) is 36.3 Å². The van der Waals surface area contributed by atoms with Gasteiger partial charge in [-0.2, -0.15) is 0 Å². The van der Waals surface area contributed by atoms with Gasteiger partial charge in [-0.05, 0) is 71.6 Å². The summed E-state index contributed by atoms with van der Waals surface area (Å²) in [5.74, 6) is 0.651. The minimum Gasteiger partial charge on any atom is -0.497 e. The van der Waals surface area contributed by atoms with Crippen molar-refractivity contribution < 1.29 is 14.3 Å². The van der Waals surface area contributed by atoms with Crippen molar-refractivity contribution in [3.05, 3.63) is 130 Å². The van der Waals surface area contributed by atoms with Gasteiger partial charge in [0.05, 0.1) is 20.1 Å². The lowest BCUT2D eigenvalue weighted by Crippen LogP contribution is -2.30. The Hall–Kier alpha value is -4.09. The average Bonchev–Trinajstić information content (AvgIpc) is 2.93. The van der Waals surface area contributed by atoms with E-state index in [-0.39, 0.29) is 18.2 Å². The molecule has 0 heterocycles. The highest BCUT2D eigenvalue weighted by Crippen LogP contribution is 2.22. The Morgan fingerprint density at radius 2 is 1.43 bits per heavy atom. The van der Waals surface area contributed by atoms with E-state index < -0.39 is 0 Å². The van der Waals surface area contributed by atoms with Gasteiger partial charge in [0, 0.05) is 22.8 Å². The van der Waals surface area contributed by atoms with Crippen LogP contribution < -0.4 is 15.0 Å². The van der Waals surface area contributed by atoms with E-state index in [1.165, 1.54) is 0 Å². The molecule has 0 saturated carbocycles. The molecule has 0 fully saturated rings. The molecule has 4 aromatic rings. The SMILES string of the molecule is COc1ccc(CCNC(=O)Cc2ccc(N(Cc3ccccc3)C(=O)c3ccc(Cl)cc3)cc2)cc1. The van der Waals surface area contributed by atoms with E-state index in [0.717, 1.165) is 34.5 Å². The van der Waals surface area contributed by atoms with E-state index in [1.807, 2.05) is 78.9 Å². The van der Waals surface area contributed by atoms with Crippen molar-refractivity contribution >= 4 is 29.1 Å². The highest BCUT2D eigenvalue weighted by molar-refractivity contribution is 6.30. The number of methoxy groups -OCH3 is 1. The van der Waals surface area contributed by atoms with Gasteiger partial charge in [0.25, 0.3) is 5.91 Å². The maximum absolute atomic E-state index is 13.4. The van der Waals surface area contributed by atoms with E-state index in [2.05, 4.69) is 5.32 Å².